The van der Waals surface area contributed by atoms with Gasteiger partial charge < -0.3 is 4.79 Å². The van der Waals surface area contributed by atoms with Crippen LogP contribution in [0, 0.1) is 40.9 Å². The van der Waals surface area contributed by atoms with Crippen molar-refractivity contribution in [2.24, 2.45) is 40.9 Å². The van der Waals surface area contributed by atoms with E-state index in [-0.39, 0.29) is 0 Å². The van der Waals surface area contributed by atoms with Crippen LogP contribution >= 0.6 is 0 Å². The van der Waals surface area contributed by atoms with E-state index in [2.05, 4.69) is 6.92 Å². The van der Waals surface area contributed by atoms with Gasteiger partial charge in [0.05, 0.1) is 0 Å². The average molecular weight is 373 g/mol. The highest BCUT2D eigenvalue weighted by atomic mass is 16.1. The number of carbonyl (C=O) groups is 1. The van der Waals surface area contributed by atoms with E-state index < -0.39 is 0 Å². The lowest BCUT2D eigenvalue weighted by Crippen LogP contribution is -2.55. The highest BCUT2D eigenvalue weighted by molar-refractivity contribution is 5.56. The standard InChI is InChI=1S/C26H44O/c1-2-3-4-5-6-7-18-26-21(11-9-12-22(26)19-27)15-16-24-23-13-8-10-20(23)14-17-25(24)26/h19-25H,2-18H2,1H3/t20-,21+,22?,23+,24-,25-,26+/m0/s1. The van der Waals surface area contributed by atoms with E-state index in [1.54, 1.807) is 0 Å². The number of fused-ring (bicyclic) bond motifs is 5. The van der Waals surface area contributed by atoms with Crippen molar-refractivity contribution in [1.29, 1.82) is 0 Å². The molecule has 0 N–H and O–H groups in total. The zero-order valence-electron chi connectivity index (χ0n) is 18.0. The second kappa shape index (κ2) is 9.00. The third-order valence-corrected chi connectivity index (χ3v) is 9.82. The molecular formula is C26H44O. The number of rotatable bonds is 8. The Labute approximate surface area is 168 Å². The minimum atomic E-state index is 0.387. The third kappa shape index (κ3) is 3.66. The SMILES string of the molecule is CCCCCCCC[C@]12C(C=O)CCC[C@@H]1CC[C@H]1[C@@H]3CCC[C@H]3CC[C@@H]12. The van der Waals surface area contributed by atoms with Crippen molar-refractivity contribution < 1.29 is 4.79 Å². The van der Waals surface area contributed by atoms with Gasteiger partial charge in [-0.2, -0.15) is 0 Å². The smallest absolute Gasteiger partial charge is 0.123 e. The van der Waals surface area contributed by atoms with Gasteiger partial charge in [0.2, 0.25) is 0 Å². The summed E-state index contributed by atoms with van der Waals surface area (Å²) in [6, 6.07) is 0. The summed E-state index contributed by atoms with van der Waals surface area (Å²) in [7, 11) is 0. The van der Waals surface area contributed by atoms with Crippen LogP contribution in [0.3, 0.4) is 0 Å². The summed E-state index contributed by atoms with van der Waals surface area (Å²) in [5, 5.41) is 0. The Morgan fingerprint density at radius 1 is 0.778 bits per heavy atom. The van der Waals surface area contributed by atoms with Crippen molar-refractivity contribution in [3.05, 3.63) is 0 Å². The Morgan fingerprint density at radius 3 is 2.44 bits per heavy atom. The van der Waals surface area contributed by atoms with Crippen LogP contribution in [0.5, 0.6) is 0 Å². The largest absolute Gasteiger partial charge is 0.303 e. The summed E-state index contributed by atoms with van der Waals surface area (Å²) in [5.41, 5.74) is 0.404. The van der Waals surface area contributed by atoms with Gasteiger partial charge in [0.1, 0.15) is 6.29 Å². The Hall–Kier alpha value is -0.330. The Bertz CT molecular complexity index is 485. The van der Waals surface area contributed by atoms with Crippen LogP contribution < -0.4 is 0 Å². The minimum Gasteiger partial charge on any atom is -0.303 e. The molecule has 4 fully saturated rings. The van der Waals surface area contributed by atoms with Gasteiger partial charge in [0.25, 0.3) is 0 Å². The molecule has 0 aromatic rings. The zero-order chi connectivity index (χ0) is 18.7. The molecule has 1 nitrogen and oxygen atoms in total. The third-order valence-electron chi connectivity index (χ3n) is 9.82. The number of hydrogen-bond acceptors (Lipinski definition) is 1. The van der Waals surface area contributed by atoms with E-state index in [4.69, 9.17) is 0 Å². The Kier molecular flexibility index (Phi) is 6.65. The number of unbranched alkanes of at least 4 members (excludes halogenated alkanes) is 5. The first-order chi connectivity index (χ1) is 13.3. The van der Waals surface area contributed by atoms with E-state index in [0.717, 1.165) is 29.6 Å². The Balaban J connectivity index is 1.52. The van der Waals surface area contributed by atoms with Gasteiger partial charge in [-0.05, 0) is 86.4 Å². The molecule has 4 aliphatic carbocycles. The molecule has 1 heteroatoms. The van der Waals surface area contributed by atoms with Crippen LogP contribution in [0.15, 0.2) is 0 Å². The maximum absolute atomic E-state index is 12.3. The summed E-state index contributed by atoms with van der Waals surface area (Å²) in [6.45, 7) is 2.31. The van der Waals surface area contributed by atoms with Crippen molar-refractivity contribution >= 4 is 6.29 Å². The predicted molar refractivity (Wildman–Crippen MR) is 114 cm³/mol. The lowest BCUT2D eigenvalue weighted by molar-refractivity contribution is -0.148. The molecule has 4 aliphatic rings. The van der Waals surface area contributed by atoms with Gasteiger partial charge in [-0.25, -0.2) is 0 Å². The molecule has 7 atom stereocenters. The molecule has 0 aromatic heterocycles. The van der Waals surface area contributed by atoms with Crippen molar-refractivity contribution in [3.63, 3.8) is 0 Å². The molecule has 4 rings (SSSR count). The lowest BCUT2D eigenvalue weighted by atomic mass is 9.43. The fraction of sp³-hybridized carbons (Fsp3) is 0.962. The molecule has 1 unspecified atom stereocenters. The molecular weight excluding hydrogens is 328 g/mol. The second-order valence-electron chi connectivity index (χ2n) is 10.8. The number of carbonyl (C=O) groups excluding carboxylic acids is 1. The van der Waals surface area contributed by atoms with Crippen LogP contribution in [0.4, 0.5) is 0 Å². The molecule has 0 bridgehead atoms. The summed E-state index contributed by atoms with van der Waals surface area (Å²) in [4.78, 5) is 12.3. The van der Waals surface area contributed by atoms with Crippen LogP contribution in [0.2, 0.25) is 0 Å². The van der Waals surface area contributed by atoms with E-state index in [1.165, 1.54) is 115 Å². The first kappa shape index (κ1) is 20.0. The molecule has 0 spiro atoms. The average Bonchev–Trinajstić information content (AvgIpc) is 3.19. The maximum atomic E-state index is 12.3. The van der Waals surface area contributed by atoms with Crippen LogP contribution in [-0.2, 0) is 4.79 Å². The molecule has 0 radical (unpaired) electrons. The van der Waals surface area contributed by atoms with Gasteiger partial charge in [-0.3, -0.25) is 0 Å². The summed E-state index contributed by atoms with van der Waals surface area (Å²) in [6.07, 6.45) is 25.5. The van der Waals surface area contributed by atoms with Gasteiger partial charge in [-0.1, -0.05) is 64.7 Å². The van der Waals surface area contributed by atoms with Crippen LogP contribution in [0.25, 0.3) is 0 Å². The fourth-order valence-electron chi connectivity index (χ4n) is 8.77. The highest BCUT2D eigenvalue weighted by Crippen LogP contribution is 2.66. The van der Waals surface area contributed by atoms with Gasteiger partial charge >= 0.3 is 0 Å². The summed E-state index contributed by atoms with van der Waals surface area (Å²) in [5.74, 6) is 5.20. The van der Waals surface area contributed by atoms with Crippen LogP contribution in [-0.4, -0.2) is 6.29 Å². The van der Waals surface area contributed by atoms with Gasteiger partial charge in [0.15, 0.2) is 0 Å². The molecule has 154 valence electrons. The van der Waals surface area contributed by atoms with Crippen molar-refractivity contribution in [2.45, 2.75) is 116 Å². The number of hydrogen-bond donors (Lipinski definition) is 0. The molecule has 0 amide bonds. The van der Waals surface area contributed by atoms with Crippen LogP contribution in [0.1, 0.15) is 116 Å². The van der Waals surface area contributed by atoms with Gasteiger partial charge in [-0.15, -0.1) is 0 Å². The molecule has 0 aromatic carbocycles. The van der Waals surface area contributed by atoms with Crippen molar-refractivity contribution in [3.8, 4) is 0 Å². The van der Waals surface area contributed by atoms with E-state index in [1.807, 2.05) is 0 Å². The molecule has 27 heavy (non-hydrogen) atoms. The normalized spacial score (nSPS) is 43.6. The summed E-state index contributed by atoms with van der Waals surface area (Å²) >= 11 is 0. The van der Waals surface area contributed by atoms with E-state index >= 15 is 0 Å². The lowest BCUT2D eigenvalue weighted by Gasteiger charge is -2.61. The maximum Gasteiger partial charge on any atom is 0.123 e. The minimum absolute atomic E-state index is 0.387. The Morgan fingerprint density at radius 2 is 1.59 bits per heavy atom. The summed E-state index contributed by atoms with van der Waals surface area (Å²) < 4.78 is 0. The first-order valence-electron chi connectivity index (χ1n) is 12.8. The molecule has 4 saturated carbocycles. The van der Waals surface area contributed by atoms with Gasteiger partial charge in [0, 0.05) is 5.92 Å². The fourth-order valence-corrected chi connectivity index (χ4v) is 8.77. The monoisotopic (exact) mass is 372 g/mol. The highest BCUT2D eigenvalue weighted by Gasteiger charge is 2.59. The molecule has 0 aliphatic heterocycles. The molecule has 0 heterocycles. The zero-order valence-corrected chi connectivity index (χ0v) is 18.0. The first-order valence-corrected chi connectivity index (χ1v) is 12.8. The second-order valence-corrected chi connectivity index (χ2v) is 10.8. The molecule has 0 saturated heterocycles. The van der Waals surface area contributed by atoms with Crippen molar-refractivity contribution in [2.75, 3.05) is 0 Å². The topological polar surface area (TPSA) is 17.1 Å². The van der Waals surface area contributed by atoms with E-state index in [9.17, 15) is 4.79 Å². The number of aldehydes is 1. The van der Waals surface area contributed by atoms with E-state index in [0.29, 0.717) is 11.3 Å². The quantitative estimate of drug-likeness (QED) is 0.317. The predicted octanol–water partition coefficient (Wildman–Crippen LogP) is 7.57. The van der Waals surface area contributed by atoms with Crippen molar-refractivity contribution in [1.82, 2.24) is 0 Å².